The molecular weight excluding hydrogens is 298 g/mol. The van der Waals surface area contributed by atoms with Crippen molar-refractivity contribution in [2.75, 3.05) is 0 Å². The third kappa shape index (κ3) is 3.17. The van der Waals surface area contributed by atoms with Gasteiger partial charge in [0.15, 0.2) is 10.9 Å². The molecule has 2 N–H and O–H groups in total. The number of nitrogens with one attached hydrogen (secondary N) is 1. The van der Waals surface area contributed by atoms with E-state index >= 15 is 0 Å². The molecule has 110 valence electrons. The van der Waals surface area contributed by atoms with Crippen LogP contribution < -0.4 is 5.43 Å². The quantitative estimate of drug-likeness (QED) is 0.913. The molecule has 0 spiro atoms. The van der Waals surface area contributed by atoms with Gasteiger partial charge in [-0.15, -0.1) is 0 Å². The predicted molar refractivity (Wildman–Crippen MR) is 88.5 cm³/mol. The van der Waals surface area contributed by atoms with Crippen LogP contribution in [0.5, 0.6) is 0 Å². The Kier molecular flexibility index (Phi) is 4.20. The molecule has 6 heteroatoms. The number of benzene rings is 2. The minimum absolute atomic E-state index is 0.0724. The smallest absolute Gasteiger partial charge is 0.353 e. The summed E-state index contributed by atoms with van der Waals surface area (Å²) in [6.45, 7) is 0. The Hall–Kier alpha value is -2.60. The van der Waals surface area contributed by atoms with Crippen molar-refractivity contribution in [2.24, 2.45) is 10.1 Å². The van der Waals surface area contributed by atoms with Gasteiger partial charge in [0.1, 0.15) is 0 Å². The molecule has 0 aliphatic carbocycles. The third-order valence-corrected chi connectivity index (χ3v) is 4.20. The lowest BCUT2D eigenvalue weighted by atomic mass is 10.1. The van der Waals surface area contributed by atoms with Crippen LogP contribution in [0.15, 0.2) is 70.8 Å². The van der Waals surface area contributed by atoms with Crippen LogP contribution in [0.4, 0.5) is 5.69 Å². The lowest BCUT2D eigenvalue weighted by Crippen LogP contribution is -2.32. The highest BCUT2D eigenvalue weighted by molar-refractivity contribution is 8.14. The fourth-order valence-corrected chi connectivity index (χ4v) is 3.08. The van der Waals surface area contributed by atoms with Crippen molar-refractivity contribution in [1.29, 1.82) is 0 Å². The Morgan fingerprint density at radius 2 is 1.73 bits per heavy atom. The van der Waals surface area contributed by atoms with Crippen molar-refractivity contribution in [3.8, 4) is 0 Å². The van der Waals surface area contributed by atoms with Gasteiger partial charge in [-0.05, 0) is 17.7 Å². The Morgan fingerprint density at radius 1 is 1.09 bits per heavy atom. The first-order chi connectivity index (χ1) is 10.7. The Bertz CT molecular complexity index is 730. The molecule has 0 bridgehead atoms. The second-order valence-corrected chi connectivity index (χ2v) is 5.67. The Balaban J connectivity index is 1.93. The molecule has 5 nitrogen and oxygen atoms in total. The number of carbonyl (C=O) groups is 1. The molecule has 1 heterocycles. The molecule has 1 atom stereocenters. The number of carboxylic acid groups (broad SMARTS) is 1. The molecule has 0 aromatic heterocycles. The van der Waals surface area contributed by atoms with E-state index in [2.05, 4.69) is 15.5 Å². The molecule has 1 aliphatic heterocycles. The van der Waals surface area contributed by atoms with E-state index in [1.165, 1.54) is 11.8 Å². The molecule has 2 aromatic rings. The van der Waals surface area contributed by atoms with Crippen molar-refractivity contribution in [2.45, 2.75) is 5.25 Å². The minimum atomic E-state index is -1.03. The summed E-state index contributed by atoms with van der Waals surface area (Å²) >= 11 is 1.34. The van der Waals surface area contributed by atoms with E-state index in [1.807, 2.05) is 60.7 Å². The average molecular weight is 311 g/mol. The van der Waals surface area contributed by atoms with E-state index in [-0.39, 0.29) is 11.0 Å². The van der Waals surface area contributed by atoms with Crippen LogP contribution in [0.1, 0.15) is 10.8 Å². The first-order valence-electron chi connectivity index (χ1n) is 6.66. The van der Waals surface area contributed by atoms with Crippen LogP contribution in [0.2, 0.25) is 0 Å². The summed E-state index contributed by atoms with van der Waals surface area (Å²) in [5.41, 5.74) is 4.47. The van der Waals surface area contributed by atoms with E-state index in [1.54, 1.807) is 0 Å². The fraction of sp³-hybridized carbons (Fsp3) is 0.0625. The van der Waals surface area contributed by atoms with Crippen LogP contribution in [0.3, 0.4) is 0 Å². The molecule has 1 aliphatic rings. The van der Waals surface area contributed by atoms with Crippen LogP contribution in [0.25, 0.3) is 0 Å². The van der Waals surface area contributed by atoms with Gasteiger partial charge in [0.2, 0.25) is 0 Å². The van der Waals surface area contributed by atoms with E-state index < -0.39 is 5.97 Å². The summed E-state index contributed by atoms with van der Waals surface area (Å²) in [6, 6.07) is 18.9. The largest absolute Gasteiger partial charge is 0.477 e. The molecule has 3 rings (SSSR count). The highest BCUT2D eigenvalue weighted by Crippen LogP contribution is 2.34. The normalized spacial score (nSPS) is 19.4. The van der Waals surface area contributed by atoms with Crippen molar-refractivity contribution in [3.05, 3.63) is 66.2 Å². The van der Waals surface area contributed by atoms with Crippen LogP contribution >= 0.6 is 11.8 Å². The van der Waals surface area contributed by atoms with Crippen molar-refractivity contribution in [3.63, 3.8) is 0 Å². The number of amidine groups is 1. The van der Waals surface area contributed by atoms with Gasteiger partial charge in [0, 0.05) is 0 Å². The lowest BCUT2D eigenvalue weighted by molar-refractivity contribution is -0.129. The summed E-state index contributed by atoms with van der Waals surface area (Å²) in [5.74, 6) is -1.03. The predicted octanol–water partition coefficient (Wildman–Crippen LogP) is 3.19. The molecular formula is C16H13N3O2S. The number of aliphatic imine (C=N–C) groups is 1. The third-order valence-electron chi connectivity index (χ3n) is 3.06. The van der Waals surface area contributed by atoms with Gasteiger partial charge in [-0.25, -0.2) is 9.79 Å². The number of para-hydroxylation sites is 1. The zero-order chi connectivity index (χ0) is 15.4. The monoisotopic (exact) mass is 311 g/mol. The highest BCUT2D eigenvalue weighted by atomic mass is 32.2. The van der Waals surface area contributed by atoms with E-state index in [0.29, 0.717) is 5.17 Å². The summed E-state index contributed by atoms with van der Waals surface area (Å²) < 4.78 is 0. The van der Waals surface area contributed by atoms with Crippen molar-refractivity contribution >= 4 is 34.3 Å². The van der Waals surface area contributed by atoms with Gasteiger partial charge in [-0.3, -0.25) is 5.43 Å². The lowest BCUT2D eigenvalue weighted by Gasteiger charge is -2.22. The molecule has 0 fully saturated rings. The summed E-state index contributed by atoms with van der Waals surface area (Å²) in [6.07, 6.45) is 0. The van der Waals surface area contributed by atoms with E-state index in [9.17, 15) is 9.90 Å². The maximum atomic E-state index is 11.4. The van der Waals surface area contributed by atoms with Crippen LogP contribution in [0, 0.1) is 0 Å². The Morgan fingerprint density at radius 3 is 2.36 bits per heavy atom. The number of hydrogen-bond acceptors (Lipinski definition) is 4. The molecule has 0 saturated carbocycles. The van der Waals surface area contributed by atoms with Crippen LogP contribution in [-0.2, 0) is 4.79 Å². The zero-order valence-corrected chi connectivity index (χ0v) is 12.3. The molecule has 0 saturated heterocycles. The minimum Gasteiger partial charge on any atom is -0.477 e. The van der Waals surface area contributed by atoms with Gasteiger partial charge in [-0.1, -0.05) is 60.3 Å². The molecule has 2 aromatic carbocycles. The number of aliphatic carboxylic acids is 1. The molecule has 0 amide bonds. The summed E-state index contributed by atoms with van der Waals surface area (Å²) in [4.78, 5) is 15.8. The first-order valence-corrected chi connectivity index (χ1v) is 7.54. The Labute approximate surface area is 131 Å². The average Bonchev–Trinajstić information content (AvgIpc) is 2.56. The molecule has 1 unspecified atom stereocenters. The number of hydrogen-bond donors (Lipinski definition) is 2. The zero-order valence-electron chi connectivity index (χ0n) is 11.5. The SMILES string of the molecule is O=C(O)C1=NNC(=Nc2ccccc2)SC1c1ccccc1. The topological polar surface area (TPSA) is 74.0 Å². The van der Waals surface area contributed by atoms with E-state index in [0.717, 1.165) is 11.3 Å². The van der Waals surface area contributed by atoms with E-state index in [4.69, 9.17) is 0 Å². The molecule has 22 heavy (non-hydrogen) atoms. The van der Waals surface area contributed by atoms with Crippen molar-refractivity contribution in [1.82, 2.24) is 5.43 Å². The van der Waals surface area contributed by atoms with Gasteiger partial charge >= 0.3 is 5.97 Å². The fourth-order valence-electron chi connectivity index (χ4n) is 2.05. The van der Waals surface area contributed by atoms with Gasteiger partial charge in [-0.2, -0.15) is 5.10 Å². The van der Waals surface area contributed by atoms with Crippen molar-refractivity contribution < 1.29 is 9.90 Å². The maximum Gasteiger partial charge on any atom is 0.353 e. The van der Waals surface area contributed by atoms with Gasteiger partial charge in [0.25, 0.3) is 0 Å². The first kappa shape index (κ1) is 14.3. The second-order valence-electron chi connectivity index (χ2n) is 4.58. The van der Waals surface area contributed by atoms with Crippen LogP contribution in [-0.4, -0.2) is 22.0 Å². The number of nitrogens with zero attached hydrogens (tertiary/aromatic N) is 2. The number of thioether (sulfide) groups is 1. The number of carboxylic acids is 1. The molecule has 0 radical (unpaired) electrons. The summed E-state index contributed by atoms with van der Waals surface area (Å²) in [7, 11) is 0. The highest BCUT2D eigenvalue weighted by Gasteiger charge is 2.30. The summed E-state index contributed by atoms with van der Waals surface area (Å²) in [5, 5.41) is 13.5. The number of hydrazone groups is 1. The van der Waals surface area contributed by atoms with Gasteiger partial charge < -0.3 is 5.11 Å². The van der Waals surface area contributed by atoms with Gasteiger partial charge in [0.05, 0.1) is 10.9 Å². The maximum absolute atomic E-state index is 11.4. The second kappa shape index (κ2) is 6.44. The number of rotatable bonds is 3. The standard InChI is InChI=1S/C16H13N3O2S/c20-15(21)13-14(11-7-3-1-4-8-11)22-16(19-18-13)17-12-9-5-2-6-10-12/h1-10,14H,(H,17,19)(H,20,21).